The molecule has 0 heterocycles. The fraction of sp³-hybridized carbons (Fsp3) is 0.400. The molecule has 0 radical (unpaired) electrons. The third kappa shape index (κ3) is 7.57. The van der Waals surface area contributed by atoms with E-state index in [4.69, 9.17) is 4.74 Å². The predicted octanol–water partition coefficient (Wildman–Crippen LogP) is 2.38. The van der Waals surface area contributed by atoms with Crippen LogP contribution in [0.5, 0.6) is 0 Å². The number of rotatable bonds is 9. The molecule has 2 rings (SSSR count). The fourth-order valence-electron chi connectivity index (χ4n) is 3.33. The molecule has 34 heavy (non-hydrogen) atoms. The van der Waals surface area contributed by atoms with Gasteiger partial charge in [0.05, 0.1) is 13.2 Å². The normalized spacial score (nSPS) is 12.9. The fourth-order valence-corrected chi connectivity index (χ4v) is 3.33. The third-order valence-electron chi connectivity index (χ3n) is 4.87. The molecule has 2 aromatic rings. The van der Waals surface area contributed by atoms with Crippen molar-refractivity contribution in [3.05, 3.63) is 65.7 Å². The molecule has 3 amide bonds. The Morgan fingerprint density at radius 2 is 1.62 bits per heavy atom. The molecule has 2 unspecified atom stereocenters. The number of aryl methyl sites for hydroxylation is 1. The maximum absolute atomic E-state index is 13.4. The Hall–Kier alpha value is -3.43. The van der Waals surface area contributed by atoms with Crippen LogP contribution < -0.4 is 10.6 Å². The highest BCUT2D eigenvalue weighted by Crippen LogP contribution is 2.25. The van der Waals surface area contributed by atoms with E-state index >= 15 is 0 Å². The predicted molar refractivity (Wildman–Crippen MR) is 128 cm³/mol. The second-order valence-corrected chi connectivity index (χ2v) is 8.75. The zero-order valence-electron chi connectivity index (χ0n) is 19.9. The van der Waals surface area contributed by atoms with Gasteiger partial charge in [-0.15, -0.1) is 0 Å². The van der Waals surface area contributed by atoms with Gasteiger partial charge < -0.3 is 30.5 Å². The number of ether oxygens (including phenoxy) is 1. The average molecular weight is 472 g/mol. The van der Waals surface area contributed by atoms with Crippen LogP contribution in [0.15, 0.2) is 54.6 Å². The first-order valence-electron chi connectivity index (χ1n) is 11.0. The summed E-state index contributed by atoms with van der Waals surface area (Å²) in [5.74, 6) is -1.24. The number of aliphatic hydroxyl groups excluding tert-OH is 2. The van der Waals surface area contributed by atoms with Gasteiger partial charge in [-0.2, -0.15) is 0 Å². The molecule has 0 aliphatic carbocycles. The Kier molecular flexibility index (Phi) is 9.58. The van der Waals surface area contributed by atoms with Crippen molar-refractivity contribution in [1.29, 1.82) is 0 Å². The van der Waals surface area contributed by atoms with Crippen LogP contribution >= 0.6 is 0 Å². The van der Waals surface area contributed by atoms with Gasteiger partial charge in [0.15, 0.2) is 0 Å². The molecule has 0 aliphatic rings. The highest BCUT2D eigenvalue weighted by atomic mass is 16.6. The molecule has 9 nitrogen and oxygen atoms in total. The van der Waals surface area contributed by atoms with Gasteiger partial charge in [0.2, 0.25) is 5.91 Å². The van der Waals surface area contributed by atoms with Crippen molar-refractivity contribution in [3.8, 4) is 0 Å². The summed E-state index contributed by atoms with van der Waals surface area (Å²) in [4.78, 5) is 40.2. The summed E-state index contributed by atoms with van der Waals surface area (Å²) >= 11 is 0. The van der Waals surface area contributed by atoms with E-state index in [0.717, 1.165) is 10.5 Å². The number of aliphatic hydroxyl groups is 2. The van der Waals surface area contributed by atoms with Crippen LogP contribution in [0.25, 0.3) is 0 Å². The van der Waals surface area contributed by atoms with E-state index in [-0.39, 0.29) is 6.54 Å². The van der Waals surface area contributed by atoms with E-state index in [1.165, 1.54) is 0 Å². The monoisotopic (exact) mass is 471 g/mol. The number of nitrogens with zero attached hydrogens (tertiary/aromatic N) is 1. The first kappa shape index (κ1) is 26.8. The summed E-state index contributed by atoms with van der Waals surface area (Å²) in [6.07, 6.45) is -0.885. The summed E-state index contributed by atoms with van der Waals surface area (Å²) in [5, 5.41) is 24.7. The molecule has 0 fully saturated rings. The van der Waals surface area contributed by atoms with Gasteiger partial charge in [-0.1, -0.05) is 48.5 Å². The first-order chi connectivity index (χ1) is 16.1. The number of anilines is 1. The number of hydrogen-bond donors (Lipinski definition) is 4. The number of hydrogen-bond acceptors (Lipinski definition) is 6. The molecule has 2 aromatic carbocycles. The second kappa shape index (κ2) is 12.2. The van der Waals surface area contributed by atoms with Gasteiger partial charge in [0.1, 0.15) is 17.7 Å². The van der Waals surface area contributed by atoms with Crippen molar-refractivity contribution < 1.29 is 29.3 Å². The van der Waals surface area contributed by atoms with Crippen molar-refractivity contribution in [2.45, 2.75) is 45.4 Å². The molecule has 2 atom stereocenters. The van der Waals surface area contributed by atoms with Crippen molar-refractivity contribution in [2.75, 3.05) is 25.1 Å². The third-order valence-corrected chi connectivity index (χ3v) is 4.87. The smallest absolute Gasteiger partial charge is 0.408 e. The Bertz CT molecular complexity index is 974. The van der Waals surface area contributed by atoms with Crippen molar-refractivity contribution >= 4 is 23.6 Å². The van der Waals surface area contributed by atoms with E-state index in [1.807, 2.05) is 19.1 Å². The van der Waals surface area contributed by atoms with Crippen LogP contribution in [-0.2, 0) is 14.3 Å². The van der Waals surface area contributed by atoms with Crippen molar-refractivity contribution in [1.82, 2.24) is 10.2 Å². The molecule has 0 saturated heterocycles. The molecule has 0 spiro atoms. The minimum atomic E-state index is -1.38. The van der Waals surface area contributed by atoms with E-state index in [0.29, 0.717) is 11.3 Å². The molecule has 9 heteroatoms. The Balaban J connectivity index is 2.39. The molecular weight excluding hydrogens is 438 g/mol. The number of carbonyl (C=O) groups excluding carboxylic acids is 3. The molecular formula is C25H33N3O6. The Morgan fingerprint density at radius 3 is 2.18 bits per heavy atom. The van der Waals surface area contributed by atoms with Gasteiger partial charge >= 0.3 is 6.09 Å². The molecule has 0 bridgehead atoms. The van der Waals surface area contributed by atoms with Gasteiger partial charge in [-0.3, -0.25) is 9.59 Å². The van der Waals surface area contributed by atoms with Crippen LogP contribution in [0.1, 0.15) is 37.9 Å². The zero-order chi connectivity index (χ0) is 25.3. The summed E-state index contributed by atoms with van der Waals surface area (Å²) in [6.45, 7) is 5.49. The van der Waals surface area contributed by atoms with Crippen LogP contribution in [-0.4, -0.2) is 64.4 Å². The average Bonchev–Trinajstić information content (AvgIpc) is 2.78. The van der Waals surface area contributed by atoms with Gasteiger partial charge in [-0.05, 0) is 44.9 Å². The highest BCUT2D eigenvalue weighted by molar-refractivity contribution is 5.99. The lowest BCUT2D eigenvalue weighted by Crippen LogP contribution is -2.54. The molecule has 0 aromatic heterocycles. The quantitative estimate of drug-likeness (QED) is 0.445. The lowest BCUT2D eigenvalue weighted by Gasteiger charge is -2.33. The largest absolute Gasteiger partial charge is 0.444 e. The van der Waals surface area contributed by atoms with Gasteiger partial charge in [0.25, 0.3) is 5.91 Å². The summed E-state index contributed by atoms with van der Waals surface area (Å²) in [6, 6.07) is 13.3. The topological polar surface area (TPSA) is 128 Å². The zero-order valence-corrected chi connectivity index (χ0v) is 19.9. The Labute approximate surface area is 199 Å². The number of nitrogens with one attached hydrogen (secondary N) is 2. The van der Waals surface area contributed by atoms with Crippen LogP contribution in [0.2, 0.25) is 0 Å². The van der Waals surface area contributed by atoms with Crippen LogP contribution in [0.3, 0.4) is 0 Å². The molecule has 184 valence electrons. The van der Waals surface area contributed by atoms with Crippen LogP contribution in [0.4, 0.5) is 10.5 Å². The lowest BCUT2D eigenvalue weighted by molar-refractivity contribution is -0.142. The highest BCUT2D eigenvalue weighted by Gasteiger charge is 2.36. The maximum Gasteiger partial charge on any atom is 0.408 e. The summed E-state index contributed by atoms with van der Waals surface area (Å²) < 4.78 is 5.18. The number of para-hydroxylation sites is 1. The minimum absolute atomic E-state index is 0.202. The van der Waals surface area contributed by atoms with Crippen LogP contribution in [0, 0.1) is 6.92 Å². The molecule has 0 saturated carbocycles. The number of carbonyl (C=O) groups is 3. The number of amides is 3. The lowest BCUT2D eigenvalue weighted by atomic mass is 10.0. The van der Waals surface area contributed by atoms with E-state index < -0.39 is 48.8 Å². The van der Waals surface area contributed by atoms with Gasteiger partial charge in [-0.25, -0.2) is 4.79 Å². The summed E-state index contributed by atoms with van der Waals surface area (Å²) in [5.41, 5.74) is 1.11. The first-order valence-corrected chi connectivity index (χ1v) is 11.0. The SMILES string of the molecule is Cc1ccccc1NC(=O)C(c1ccccc1)N(CCO)C(=O)C(CO)NC(=O)OC(C)(C)C. The minimum Gasteiger partial charge on any atom is -0.444 e. The van der Waals surface area contributed by atoms with E-state index in [1.54, 1.807) is 63.2 Å². The molecule has 0 aliphatic heterocycles. The van der Waals surface area contributed by atoms with Crippen molar-refractivity contribution in [3.63, 3.8) is 0 Å². The van der Waals surface area contributed by atoms with E-state index in [2.05, 4.69) is 10.6 Å². The molecule has 4 N–H and O–H groups in total. The van der Waals surface area contributed by atoms with E-state index in [9.17, 15) is 24.6 Å². The standard InChI is InChI=1S/C25H33N3O6/c1-17-10-8-9-13-19(17)26-22(31)21(18-11-6-5-7-12-18)28(14-15-29)23(32)20(16-30)27-24(33)34-25(2,3)4/h5-13,20-21,29-30H,14-16H2,1-4H3,(H,26,31)(H,27,33). The van der Waals surface area contributed by atoms with Crippen molar-refractivity contribution in [2.24, 2.45) is 0 Å². The van der Waals surface area contributed by atoms with Gasteiger partial charge in [0, 0.05) is 12.2 Å². The maximum atomic E-state index is 13.4. The number of benzene rings is 2. The summed E-state index contributed by atoms with van der Waals surface area (Å²) in [7, 11) is 0. The number of alkyl carbamates (subject to hydrolysis) is 1. The Morgan fingerprint density at radius 1 is 1.00 bits per heavy atom. The second-order valence-electron chi connectivity index (χ2n) is 8.75.